The van der Waals surface area contributed by atoms with Gasteiger partial charge in [0.1, 0.15) is 12.2 Å². The molecule has 1 aromatic heterocycles. The van der Waals surface area contributed by atoms with E-state index in [2.05, 4.69) is 41.4 Å². The molecule has 1 N–H and O–H groups in total. The predicted molar refractivity (Wildman–Crippen MR) is 82.1 cm³/mol. The van der Waals surface area contributed by atoms with Crippen LogP contribution in [0.2, 0.25) is 5.02 Å². The lowest BCUT2D eigenvalue weighted by atomic mass is 9.95. The number of aromatic nitrogens is 3. The standard InChI is InChI=1S/C15H21ClN4/c1-3-17-10-13(12-5-7-14(16)8-6-12)9-15-18-11-19-20(15)4-2/h5-8,11,13,17H,3-4,9-10H2,1-2H3. The minimum absolute atomic E-state index is 0.377. The number of nitrogens with zero attached hydrogens (tertiary/aromatic N) is 3. The van der Waals surface area contributed by atoms with Crippen LogP contribution in [0.15, 0.2) is 30.6 Å². The van der Waals surface area contributed by atoms with Crippen molar-refractivity contribution in [1.29, 1.82) is 0 Å². The minimum Gasteiger partial charge on any atom is -0.316 e. The summed E-state index contributed by atoms with van der Waals surface area (Å²) in [6, 6.07) is 8.08. The van der Waals surface area contributed by atoms with Crippen LogP contribution in [-0.2, 0) is 13.0 Å². The minimum atomic E-state index is 0.377. The monoisotopic (exact) mass is 292 g/mol. The molecule has 1 heterocycles. The van der Waals surface area contributed by atoms with Crippen molar-refractivity contribution < 1.29 is 0 Å². The first kappa shape index (κ1) is 15.0. The maximum atomic E-state index is 5.97. The first-order valence-corrected chi connectivity index (χ1v) is 7.45. The molecule has 5 heteroatoms. The van der Waals surface area contributed by atoms with E-state index in [9.17, 15) is 0 Å². The van der Waals surface area contributed by atoms with Crippen molar-refractivity contribution in [2.75, 3.05) is 13.1 Å². The van der Waals surface area contributed by atoms with E-state index in [0.717, 1.165) is 36.9 Å². The van der Waals surface area contributed by atoms with Crippen LogP contribution in [0.25, 0.3) is 0 Å². The average Bonchev–Trinajstić information content (AvgIpc) is 2.91. The van der Waals surface area contributed by atoms with Crippen LogP contribution < -0.4 is 5.32 Å². The molecule has 0 spiro atoms. The lowest BCUT2D eigenvalue weighted by Gasteiger charge is -2.17. The fourth-order valence-corrected chi connectivity index (χ4v) is 2.42. The van der Waals surface area contributed by atoms with Crippen LogP contribution in [0.3, 0.4) is 0 Å². The highest BCUT2D eigenvalue weighted by molar-refractivity contribution is 6.30. The van der Waals surface area contributed by atoms with Gasteiger partial charge >= 0.3 is 0 Å². The lowest BCUT2D eigenvalue weighted by molar-refractivity contribution is 0.544. The molecule has 0 radical (unpaired) electrons. The van der Waals surface area contributed by atoms with Gasteiger partial charge in [-0.05, 0) is 31.2 Å². The first-order valence-electron chi connectivity index (χ1n) is 7.07. The highest BCUT2D eigenvalue weighted by Crippen LogP contribution is 2.21. The maximum absolute atomic E-state index is 5.97. The summed E-state index contributed by atoms with van der Waals surface area (Å²) in [5, 5.41) is 8.43. The van der Waals surface area contributed by atoms with Crippen LogP contribution in [-0.4, -0.2) is 27.9 Å². The van der Waals surface area contributed by atoms with Gasteiger partial charge in [0.2, 0.25) is 0 Å². The molecule has 0 fully saturated rings. The maximum Gasteiger partial charge on any atom is 0.138 e. The third kappa shape index (κ3) is 3.81. The molecule has 108 valence electrons. The molecule has 1 atom stereocenters. The molecule has 1 unspecified atom stereocenters. The van der Waals surface area contributed by atoms with Crippen molar-refractivity contribution in [1.82, 2.24) is 20.1 Å². The van der Waals surface area contributed by atoms with Crippen molar-refractivity contribution in [3.05, 3.63) is 47.0 Å². The molecule has 2 rings (SSSR count). The zero-order valence-electron chi connectivity index (χ0n) is 12.0. The second kappa shape index (κ2) is 7.41. The summed E-state index contributed by atoms with van der Waals surface area (Å²) in [6.45, 7) is 6.94. The molecule has 0 saturated heterocycles. The largest absolute Gasteiger partial charge is 0.316 e. The third-order valence-corrected chi connectivity index (χ3v) is 3.66. The molecule has 0 aliphatic carbocycles. The van der Waals surface area contributed by atoms with Gasteiger partial charge in [0.15, 0.2) is 0 Å². The Hall–Kier alpha value is -1.39. The summed E-state index contributed by atoms with van der Waals surface area (Å²) in [5.41, 5.74) is 1.28. The molecule has 0 bridgehead atoms. The number of likely N-dealkylation sites (N-methyl/N-ethyl adjacent to an activating group) is 1. The van der Waals surface area contributed by atoms with E-state index in [4.69, 9.17) is 11.6 Å². The van der Waals surface area contributed by atoms with Gasteiger partial charge in [-0.1, -0.05) is 30.7 Å². The molecule has 0 aliphatic rings. The Morgan fingerprint density at radius 3 is 2.65 bits per heavy atom. The van der Waals surface area contributed by atoms with Crippen molar-refractivity contribution in [2.45, 2.75) is 32.7 Å². The fourth-order valence-electron chi connectivity index (χ4n) is 2.29. The van der Waals surface area contributed by atoms with E-state index in [0.29, 0.717) is 5.92 Å². The Balaban J connectivity index is 2.17. The average molecular weight is 293 g/mol. The number of aryl methyl sites for hydroxylation is 1. The van der Waals surface area contributed by atoms with E-state index in [-0.39, 0.29) is 0 Å². The number of hydrogen-bond acceptors (Lipinski definition) is 3. The van der Waals surface area contributed by atoms with Crippen LogP contribution in [0, 0.1) is 0 Å². The van der Waals surface area contributed by atoms with E-state index in [1.54, 1.807) is 6.33 Å². The van der Waals surface area contributed by atoms with Crippen molar-refractivity contribution >= 4 is 11.6 Å². The smallest absolute Gasteiger partial charge is 0.138 e. The van der Waals surface area contributed by atoms with Crippen LogP contribution in [0.1, 0.15) is 31.2 Å². The molecular weight excluding hydrogens is 272 g/mol. The number of halogens is 1. The molecular formula is C15H21ClN4. The molecule has 4 nitrogen and oxygen atoms in total. The second-order valence-corrected chi connectivity index (χ2v) is 5.19. The number of hydrogen-bond donors (Lipinski definition) is 1. The van der Waals surface area contributed by atoms with Gasteiger partial charge in [0.05, 0.1) is 0 Å². The van der Waals surface area contributed by atoms with Gasteiger partial charge in [0.25, 0.3) is 0 Å². The Labute approximate surface area is 125 Å². The Bertz CT molecular complexity index is 521. The zero-order chi connectivity index (χ0) is 14.4. The topological polar surface area (TPSA) is 42.7 Å². The summed E-state index contributed by atoms with van der Waals surface area (Å²) in [6.07, 6.45) is 2.51. The van der Waals surface area contributed by atoms with Gasteiger partial charge < -0.3 is 5.32 Å². The van der Waals surface area contributed by atoms with Crippen LogP contribution in [0.4, 0.5) is 0 Å². The lowest BCUT2D eigenvalue weighted by Crippen LogP contribution is -2.23. The molecule has 0 aliphatic heterocycles. The highest BCUT2D eigenvalue weighted by atomic mass is 35.5. The first-order chi connectivity index (χ1) is 9.74. The quantitative estimate of drug-likeness (QED) is 0.853. The highest BCUT2D eigenvalue weighted by Gasteiger charge is 2.15. The summed E-state index contributed by atoms with van der Waals surface area (Å²) in [7, 11) is 0. The SMILES string of the molecule is CCNCC(Cc1ncnn1CC)c1ccc(Cl)cc1. The molecule has 0 saturated carbocycles. The van der Waals surface area contributed by atoms with Gasteiger partial charge in [-0.3, -0.25) is 4.68 Å². The van der Waals surface area contributed by atoms with E-state index < -0.39 is 0 Å². The van der Waals surface area contributed by atoms with E-state index in [1.807, 2.05) is 16.8 Å². The van der Waals surface area contributed by atoms with Crippen molar-refractivity contribution in [3.8, 4) is 0 Å². The third-order valence-electron chi connectivity index (χ3n) is 3.41. The Morgan fingerprint density at radius 2 is 2.00 bits per heavy atom. The molecule has 0 amide bonds. The van der Waals surface area contributed by atoms with E-state index in [1.165, 1.54) is 5.56 Å². The normalized spacial score (nSPS) is 12.6. The predicted octanol–water partition coefficient (Wildman–Crippen LogP) is 2.89. The number of rotatable bonds is 7. The summed E-state index contributed by atoms with van der Waals surface area (Å²) in [5.74, 6) is 1.41. The Kier molecular flexibility index (Phi) is 5.56. The summed E-state index contributed by atoms with van der Waals surface area (Å²) >= 11 is 5.97. The van der Waals surface area contributed by atoms with Crippen LogP contribution in [0.5, 0.6) is 0 Å². The van der Waals surface area contributed by atoms with Crippen molar-refractivity contribution in [3.63, 3.8) is 0 Å². The number of nitrogens with one attached hydrogen (secondary N) is 1. The molecule has 20 heavy (non-hydrogen) atoms. The second-order valence-electron chi connectivity index (χ2n) is 4.75. The summed E-state index contributed by atoms with van der Waals surface area (Å²) < 4.78 is 1.95. The van der Waals surface area contributed by atoms with Crippen molar-refractivity contribution in [2.24, 2.45) is 0 Å². The summed E-state index contributed by atoms with van der Waals surface area (Å²) in [4.78, 5) is 4.38. The fraction of sp³-hybridized carbons (Fsp3) is 0.467. The van der Waals surface area contributed by atoms with Gasteiger partial charge in [0, 0.05) is 30.5 Å². The van der Waals surface area contributed by atoms with Gasteiger partial charge in [-0.15, -0.1) is 0 Å². The molecule has 2 aromatic rings. The van der Waals surface area contributed by atoms with Gasteiger partial charge in [-0.25, -0.2) is 4.98 Å². The zero-order valence-corrected chi connectivity index (χ0v) is 12.8. The Morgan fingerprint density at radius 1 is 1.25 bits per heavy atom. The van der Waals surface area contributed by atoms with Crippen LogP contribution >= 0.6 is 11.6 Å². The van der Waals surface area contributed by atoms with Gasteiger partial charge in [-0.2, -0.15) is 5.10 Å². The molecule has 1 aromatic carbocycles. The van der Waals surface area contributed by atoms with E-state index >= 15 is 0 Å². The number of benzene rings is 1.